The van der Waals surface area contributed by atoms with E-state index in [1.807, 2.05) is 31.3 Å². The van der Waals surface area contributed by atoms with E-state index < -0.39 is 10.0 Å². The lowest BCUT2D eigenvalue weighted by Gasteiger charge is -2.24. The Labute approximate surface area is 115 Å². The predicted octanol–water partition coefficient (Wildman–Crippen LogP) is 1.77. The number of nitrogens with zero attached hydrogens (tertiary/aromatic N) is 1. The molecule has 0 fully saturated rings. The number of anilines is 1. The Morgan fingerprint density at radius 3 is 2.84 bits per heavy atom. The second-order valence-corrected chi connectivity index (χ2v) is 6.94. The zero-order valence-electron chi connectivity index (χ0n) is 11.4. The number of hydrogen-bond acceptors (Lipinski definition) is 3. The molecule has 5 heteroatoms. The van der Waals surface area contributed by atoms with Crippen LogP contribution in [0.3, 0.4) is 0 Å². The van der Waals surface area contributed by atoms with E-state index in [0.717, 1.165) is 37.1 Å². The van der Waals surface area contributed by atoms with Crippen LogP contribution >= 0.6 is 0 Å². The molecule has 0 atom stereocenters. The lowest BCUT2D eigenvalue weighted by atomic mass is 10.1. The summed E-state index contributed by atoms with van der Waals surface area (Å²) in [6.07, 6.45) is 3.61. The molecule has 0 spiro atoms. The smallest absolute Gasteiger partial charge is 0.235 e. The van der Waals surface area contributed by atoms with E-state index in [-0.39, 0.29) is 5.75 Å². The van der Waals surface area contributed by atoms with Gasteiger partial charge in [-0.25, -0.2) is 8.42 Å². The van der Waals surface area contributed by atoms with Crippen LogP contribution in [0, 0.1) is 0 Å². The second-order valence-electron chi connectivity index (χ2n) is 4.93. The van der Waals surface area contributed by atoms with Gasteiger partial charge in [0.15, 0.2) is 0 Å². The van der Waals surface area contributed by atoms with Crippen molar-refractivity contribution in [2.24, 2.45) is 0 Å². The Balaban J connectivity index is 2.23. The molecule has 0 radical (unpaired) electrons. The minimum absolute atomic E-state index is 0.210. The molecule has 0 unspecified atom stereocenters. The molecular formula is C14H22N2O2S. The van der Waals surface area contributed by atoms with Gasteiger partial charge in [-0.2, -0.15) is 0 Å². The van der Waals surface area contributed by atoms with E-state index in [2.05, 4.69) is 5.32 Å². The van der Waals surface area contributed by atoms with Crippen molar-refractivity contribution in [1.82, 2.24) is 5.32 Å². The van der Waals surface area contributed by atoms with Crippen LogP contribution in [0.15, 0.2) is 24.3 Å². The van der Waals surface area contributed by atoms with Crippen LogP contribution in [0.5, 0.6) is 0 Å². The normalized spacial score (nSPS) is 15.9. The predicted molar refractivity (Wildman–Crippen MR) is 79.1 cm³/mol. The van der Waals surface area contributed by atoms with Crippen LogP contribution in [0.1, 0.15) is 24.8 Å². The monoisotopic (exact) mass is 282 g/mol. The van der Waals surface area contributed by atoms with Crippen molar-refractivity contribution in [1.29, 1.82) is 0 Å². The molecule has 0 bridgehead atoms. The molecule has 1 N–H and O–H groups in total. The maximum absolute atomic E-state index is 12.5. The van der Waals surface area contributed by atoms with E-state index in [1.165, 1.54) is 0 Å². The Morgan fingerprint density at radius 2 is 2.05 bits per heavy atom. The van der Waals surface area contributed by atoms with Gasteiger partial charge < -0.3 is 5.32 Å². The van der Waals surface area contributed by atoms with E-state index in [4.69, 9.17) is 0 Å². The highest BCUT2D eigenvalue weighted by Crippen LogP contribution is 2.28. The summed E-state index contributed by atoms with van der Waals surface area (Å²) in [6.45, 7) is 1.34. The highest BCUT2D eigenvalue weighted by atomic mass is 32.2. The Kier molecular flexibility index (Phi) is 4.82. The van der Waals surface area contributed by atoms with Gasteiger partial charge in [0, 0.05) is 6.54 Å². The largest absolute Gasteiger partial charge is 0.320 e. The van der Waals surface area contributed by atoms with Crippen LogP contribution in [0.25, 0.3) is 0 Å². The quantitative estimate of drug-likeness (QED) is 0.837. The molecule has 1 heterocycles. The first kappa shape index (κ1) is 14.3. The summed E-state index contributed by atoms with van der Waals surface area (Å²) in [4.78, 5) is 0. The van der Waals surface area contributed by atoms with Crippen LogP contribution in [0.4, 0.5) is 5.69 Å². The number of nitrogens with one attached hydrogen (secondary N) is 1. The molecule has 0 saturated carbocycles. The first-order valence-corrected chi connectivity index (χ1v) is 8.49. The topological polar surface area (TPSA) is 49.4 Å². The highest BCUT2D eigenvalue weighted by molar-refractivity contribution is 7.92. The molecule has 0 amide bonds. The molecule has 0 aliphatic carbocycles. The standard InChI is InChI=1S/C14H22N2O2S/c1-15-10-6-12-19(17,18)16-11-5-4-8-13-7-2-3-9-14(13)16/h2-3,7,9,15H,4-6,8,10-12H2,1H3. The SMILES string of the molecule is CNCCCS(=O)(=O)N1CCCCc2ccccc21. The fourth-order valence-electron chi connectivity index (χ4n) is 2.49. The van der Waals surface area contributed by atoms with Crippen LogP contribution in [0.2, 0.25) is 0 Å². The van der Waals surface area contributed by atoms with Gasteiger partial charge >= 0.3 is 0 Å². The van der Waals surface area contributed by atoms with Gasteiger partial charge in [-0.1, -0.05) is 18.2 Å². The van der Waals surface area contributed by atoms with Gasteiger partial charge in [0.1, 0.15) is 0 Å². The molecule has 1 aliphatic heterocycles. The van der Waals surface area contributed by atoms with E-state index in [1.54, 1.807) is 4.31 Å². The molecule has 0 aromatic heterocycles. The molecule has 1 aromatic rings. The Morgan fingerprint density at radius 1 is 1.26 bits per heavy atom. The van der Waals surface area contributed by atoms with Crippen molar-refractivity contribution in [3.8, 4) is 0 Å². The van der Waals surface area contributed by atoms with Gasteiger partial charge in [-0.3, -0.25) is 4.31 Å². The molecule has 0 saturated heterocycles. The number of para-hydroxylation sites is 1. The summed E-state index contributed by atoms with van der Waals surface area (Å²) in [7, 11) is -1.36. The lowest BCUT2D eigenvalue weighted by Crippen LogP contribution is -2.34. The average Bonchev–Trinajstić information content (AvgIpc) is 2.61. The number of sulfonamides is 1. The molecule has 1 aliphatic rings. The summed E-state index contributed by atoms with van der Waals surface area (Å²) in [5.41, 5.74) is 2.03. The molecule has 4 nitrogen and oxygen atoms in total. The maximum Gasteiger partial charge on any atom is 0.235 e. The van der Waals surface area contributed by atoms with Crippen molar-refractivity contribution >= 4 is 15.7 Å². The zero-order chi connectivity index (χ0) is 13.7. The fourth-order valence-corrected chi connectivity index (χ4v) is 4.10. The van der Waals surface area contributed by atoms with Crippen molar-refractivity contribution in [2.75, 3.05) is 30.2 Å². The highest BCUT2D eigenvalue weighted by Gasteiger charge is 2.25. The van der Waals surface area contributed by atoms with Crippen molar-refractivity contribution in [2.45, 2.75) is 25.7 Å². The van der Waals surface area contributed by atoms with Gasteiger partial charge in [0.2, 0.25) is 10.0 Å². The molecule has 1 aromatic carbocycles. The number of hydrogen-bond donors (Lipinski definition) is 1. The summed E-state index contributed by atoms with van der Waals surface area (Å²) in [6, 6.07) is 7.86. The number of benzene rings is 1. The summed E-state index contributed by atoms with van der Waals surface area (Å²) in [5.74, 6) is 0.210. The fraction of sp³-hybridized carbons (Fsp3) is 0.571. The second kappa shape index (κ2) is 6.39. The van der Waals surface area contributed by atoms with Gasteiger partial charge in [0.25, 0.3) is 0 Å². The number of rotatable bonds is 5. The third-order valence-electron chi connectivity index (χ3n) is 3.48. The first-order valence-electron chi connectivity index (χ1n) is 6.88. The zero-order valence-corrected chi connectivity index (χ0v) is 12.2. The van der Waals surface area contributed by atoms with E-state index in [9.17, 15) is 8.42 Å². The van der Waals surface area contributed by atoms with Crippen molar-refractivity contribution in [3.05, 3.63) is 29.8 Å². The van der Waals surface area contributed by atoms with Crippen molar-refractivity contribution < 1.29 is 8.42 Å². The van der Waals surface area contributed by atoms with Gasteiger partial charge in [-0.15, -0.1) is 0 Å². The molecule has 106 valence electrons. The molecule has 2 rings (SSSR count). The summed E-state index contributed by atoms with van der Waals surface area (Å²) in [5, 5.41) is 2.99. The average molecular weight is 282 g/mol. The Hall–Kier alpha value is -1.07. The molecule has 19 heavy (non-hydrogen) atoms. The number of aryl methyl sites for hydroxylation is 1. The summed E-state index contributed by atoms with van der Waals surface area (Å²) < 4.78 is 26.6. The third-order valence-corrected chi connectivity index (χ3v) is 5.34. The van der Waals surface area contributed by atoms with Crippen LogP contribution in [-0.4, -0.2) is 34.3 Å². The first-order chi connectivity index (χ1) is 9.15. The maximum atomic E-state index is 12.5. The summed E-state index contributed by atoms with van der Waals surface area (Å²) >= 11 is 0. The lowest BCUT2D eigenvalue weighted by molar-refractivity contribution is 0.585. The number of fused-ring (bicyclic) bond motifs is 1. The van der Waals surface area contributed by atoms with Crippen LogP contribution in [-0.2, 0) is 16.4 Å². The Bertz CT molecular complexity index is 514. The molecular weight excluding hydrogens is 260 g/mol. The minimum atomic E-state index is -3.20. The minimum Gasteiger partial charge on any atom is -0.320 e. The van der Waals surface area contributed by atoms with Gasteiger partial charge in [0.05, 0.1) is 11.4 Å². The van der Waals surface area contributed by atoms with Crippen molar-refractivity contribution in [3.63, 3.8) is 0 Å². The van der Waals surface area contributed by atoms with Crippen LogP contribution < -0.4 is 9.62 Å². The van der Waals surface area contributed by atoms with Gasteiger partial charge in [-0.05, 0) is 50.9 Å². The van der Waals surface area contributed by atoms with E-state index in [0.29, 0.717) is 13.0 Å². The van der Waals surface area contributed by atoms with E-state index >= 15 is 0 Å². The third kappa shape index (κ3) is 3.48.